The van der Waals surface area contributed by atoms with Gasteiger partial charge in [0.05, 0.1) is 6.10 Å². The van der Waals surface area contributed by atoms with Crippen LogP contribution < -0.4 is 5.32 Å². The summed E-state index contributed by atoms with van der Waals surface area (Å²) in [6.07, 6.45) is 1.68. The van der Waals surface area contributed by atoms with Crippen LogP contribution in [0.5, 0.6) is 0 Å². The fourth-order valence-electron chi connectivity index (χ4n) is 2.29. The molecule has 0 aromatic heterocycles. The molecule has 1 aliphatic carbocycles. The van der Waals surface area contributed by atoms with Crippen LogP contribution in [-0.4, -0.2) is 65.0 Å². The number of aliphatic hydroxyl groups excluding tert-OH is 1. The molecule has 1 heterocycles. The van der Waals surface area contributed by atoms with Crippen molar-refractivity contribution in [2.24, 2.45) is 0 Å². The zero-order valence-electron chi connectivity index (χ0n) is 11.0. The molecule has 19 heavy (non-hydrogen) atoms. The average Bonchev–Trinajstić information content (AvgIpc) is 2.53. The molecule has 0 aromatic rings. The third-order valence-electron chi connectivity index (χ3n) is 3.49. The first-order chi connectivity index (χ1) is 8.97. The molecule has 0 spiro atoms. The highest BCUT2D eigenvalue weighted by atomic mass is 16.3. The lowest BCUT2D eigenvalue weighted by Crippen LogP contribution is -2.46. The lowest BCUT2D eigenvalue weighted by Gasteiger charge is -2.31. The third-order valence-corrected chi connectivity index (χ3v) is 3.49. The molecule has 0 radical (unpaired) electrons. The Morgan fingerprint density at radius 2 is 2.11 bits per heavy atom. The molecule has 1 saturated carbocycles. The fourth-order valence-corrected chi connectivity index (χ4v) is 2.29. The second-order valence-corrected chi connectivity index (χ2v) is 5.18. The van der Waals surface area contributed by atoms with Crippen LogP contribution in [0, 0.1) is 0 Å². The smallest absolute Gasteiger partial charge is 0.326 e. The maximum absolute atomic E-state index is 11.6. The molecule has 7 nitrogen and oxygen atoms in total. The minimum Gasteiger partial charge on any atom is -0.393 e. The quantitative estimate of drug-likeness (QED) is 0.646. The Kier molecular flexibility index (Phi) is 4.04. The lowest BCUT2D eigenvalue weighted by molar-refractivity contribution is -0.126. The van der Waals surface area contributed by atoms with Crippen LogP contribution in [-0.2, 0) is 9.59 Å². The van der Waals surface area contributed by atoms with Crippen LogP contribution in [0.2, 0.25) is 0 Å². The zero-order valence-corrected chi connectivity index (χ0v) is 11.0. The highest BCUT2D eigenvalue weighted by Crippen LogP contribution is 2.19. The molecule has 4 amide bonds. The Morgan fingerprint density at radius 1 is 1.42 bits per heavy atom. The summed E-state index contributed by atoms with van der Waals surface area (Å²) in [6.45, 7) is 0.397. The van der Waals surface area contributed by atoms with Crippen molar-refractivity contribution < 1.29 is 19.5 Å². The van der Waals surface area contributed by atoms with Gasteiger partial charge in [-0.3, -0.25) is 14.5 Å². The number of carbonyl (C=O) groups excluding carboxylic acids is 3. The van der Waals surface area contributed by atoms with E-state index in [-0.39, 0.29) is 49.5 Å². The molecule has 0 aromatic carbocycles. The number of nitrogens with zero attached hydrogens (tertiary/aromatic N) is 2. The molecule has 2 rings (SSSR count). The van der Waals surface area contributed by atoms with Crippen molar-refractivity contribution in [3.63, 3.8) is 0 Å². The highest BCUT2D eigenvalue weighted by molar-refractivity contribution is 6.01. The van der Waals surface area contributed by atoms with Gasteiger partial charge in [0.1, 0.15) is 6.54 Å². The molecule has 0 bridgehead atoms. The predicted molar refractivity (Wildman–Crippen MR) is 66.1 cm³/mol. The van der Waals surface area contributed by atoms with E-state index in [2.05, 4.69) is 5.32 Å². The van der Waals surface area contributed by atoms with Crippen molar-refractivity contribution in [1.82, 2.24) is 15.1 Å². The summed E-state index contributed by atoms with van der Waals surface area (Å²) in [6, 6.07) is -0.226. The summed E-state index contributed by atoms with van der Waals surface area (Å²) in [4.78, 5) is 37.1. The van der Waals surface area contributed by atoms with Gasteiger partial charge in [0.2, 0.25) is 11.8 Å². The summed E-state index contributed by atoms with van der Waals surface area (Å²) in [5.41, 5.74) is 0. The van der Waals surface area contributed by atoms with Gasteiger partial charge in [0.25, 0.3) is 0 Å². The maximum atomic E-state index is 11.6. The Labute approximate surface area is 111 Å². The summed E-state index contributed by atoms with van der Waals surface area (Å²) >= 11 is 0. The molecule has 1 aliphatic heterocycles. The summed E-state index contributed by atoms with van der Waals surface area (Å²) in [7, 11) is 1.58. The van der Waals surface area contributed by atoms with Gasteiger partial charge in [-0.15, -0.1) is 0 Å². The molecular weight excluding hydrogens is 250 g/mol. The van der Waals surface area contributed by atoms with Crippen molar-refractivity contribution in [3.05, 3.63) is 0 Å². The average molecular weight is 269 g/mol. The number of nitrogens with one attached hydrogen (secondary N) is 1. The Balaban J connectivity index is 1.65. The lowest BCUT2D eigenvalue weighted by atomic mass is 9.89. The largest absolute Gasteiger partial charge is 0.393 e. The highest BCUT2D eigenvalue weighted by Gasteiger charge is 2.33. The molecule has 2 N–H and O–H groups in total. The van der Waals surface area contributed by atoms with Crippen molar-refractivity contribution in [1.29, 1.82) is 0 Å². The molecule has 106 valence electrons. The molecule has 0 unspecified atom stereocenters. The van der Waals surface area contributed by atoms with Gasteiger partial charge in [-0.2, -0.15) is 0 Å². The van der Waals surface area contributed by atoms with Crippen molar-refractivity contribution in [3.8, 4) is 0 Å². The van der Waals surface area contributed by atoms with Crippen LogP contribution in [0.1, 0.15) is 25.7 Å². The Bertz CT molecular complexity index is 392. The van der Waals surface area contributed by atoms with E-state index < -0.39 is 0 Å². The van der Waals surface area contributed by atoms with Gasteiger partial charge in [-0.1, -0.05) is 0 Å². The van der Waals surface area contributed by atoms with Crippen LogP contribution in [0.15, 0.2) is 0 Å². The van der Waals surface area contributed by atoms with Crippen LogP contribution in [0.4, 0.5) is 4.79 Å². The zero-order chi connectivity index (χ0) is 14.0. The van der Waals surface area contributed by atoms with Gasteiger partial charge in [0, 0.05) is 26.1 Å². The van der Waals surface area contributed by atoms with Crippen molar-refractivity contribution in [2.45, 2.75) is 37.8 Å². The number of aliphatic hydroxyl groups is 1. The first-order valence-electron chi connectivity index (χ1n) is 6.50. The van der Waals surface area contributed by atoms with E-state index in [9.17, 15) is 14.4 Å². The summed E-state index contributed by atoms with van der Waals surface area (Å²) in [5, 5.41) is 11.9. The van der Waals surface area contributed by atoms with Gasteiger partial charge >= 0.3 is 6.03 Å². The number of likely N-dealkylation sites (N-methyl/N-ethyl adjacent to an activating group) is 1. The number of imide groups is 1. The molecule has 1 saturated heterocycles. The minimum absolute atomic E-state index is 0.0729. The number of carbonyl (C=O) groups is 3. The van der Waals surface area contributed by atoms with Crippen molar-refractivity contribution in [2.75, 3.05) is 20.1 Å². The molecule has 2 fully saturated rings. The Morgan fingerprint density at radius 3 is 2.63 bits per heavy atom. The minimum atomic E-state index is -0.299. The van der Waals surface area contributed by atoms with E-state index >= 15 is 0 Å². The van der Waals surface area contributed by atoms with E-state index in [0.717, 1.165) is 0 Å². The first-order valence-corrected chi connectivity index (χ1v) is 6.50. The number of rotatable bonds is 5. The number of hydrogen-bond donors (Lipinski definition) is 2. The number of amides is 4. The van der Waals surface area contributed by atoms with Crippen LogP contribution in [0.25, 0.3) is 0 Å². The van der Waals surface area contributed by atoms with E-state index in [1.807, 2.05) is 0 Å². The molecule has 2 aliphatic rings. The maximum Gasteiger partial charge on any atom is 0.326 e. The summed E-state index contributed by atoms with van der Waals surface area (Å²) < 4.78 is 0. The second-order valence-electron chi connectivity index (χ2n) is 5.18. The van der Waals surface area contributed by atoms with E-state index in [0.29, 0.717) is 19.3 Å². The molecular formula is C12H19N3O4. The van der Waals surface area contributed by atoms with E-state index in [1.54, 1.807) is 7.05 Å². The fraction of sp³-hybridized carbons (Fsp3) is 0.750. The van der Waals surface area contributed by atoms with Gasteiger partial charge in [-0.05, 0) is 19.3 Å². The van der Waals surface area contributed by atoms with Gasteiger partial charge in [0.15, 0.2) is 0 Å². The number of urea groups is 1. The van der Waals surface area contributed by atoms with Gasteiger partial charge in [-0.25, -0.2) is 4.79 Å². The number of hydrogen-bond acceptors (Lipinski definition) is 4. The van der Waals surface area contributed by atoms with Gasteiger partial charge < -0.3 is 15.3 Å². The molecule has 7 heteroatoms. The molecule has 0 atom stereocenters. The predicted octanol–water partition coefficient (Wildman–Crippen LogP) is -0.700. The first kappa shape index (κ1) is 13.8. The van der Waals surface area contributed by atoms with E-state index in [4.69, 9.17) is 5.11 Å². The topological polar surface area (TPSA) is 90.0 Å². The third kappa shape index (κ3) is 3.23. The Hall–Kier alpha value is -1.63. The summed E-state index contributed by atoms with van der Waals surface area (Å²) in [5.74, 6) is -0.306. The second kappa shape index (κ2) is 5.56. The normalized spacial score (nSPS) is 26.6. The van der Waals surface area contributed by atoms with E-state index in [1.165, 1.54) is 9.80 Å². The van der Waals surface area contributed by atoms with Crippen LogP contribution >= 0.6 is 0 Å². The SMILES string of the molecule is CN1CC(=O)N(CCCC(=O)NC2CC(O)C2)C1=O. The van der Waals surface area contributed by atoms with Crippen molar-refractivity contribution >= 4 is 17.8 Å². The van der Waals surface area contributed by atoms with Crippen LogP contribution in [0.3, 0.4) is 0 Å². The monoisotopic (exact) mass is 269 g/mol. The standard InChI is InChI=1S/C12H19N3O4/c1-14-7-11(18)15(12(14)19)4-2-3-10(17)13-8-5-9(16)6-8/h8-9,16H,2-7H2,1H3,(H,13,17).